The first-order chi connectivity index (χ1) is 17.5. The van der Waals surface area contributed by atoms with Crippen molar-refractivity contribution in [2.24, 2.45) is 4.99 Å². The third kappa shape index (κ3) is 4.97. The number of carbonyl (C=O) groups is 1. The molecule has 0 aliphatic carbocycles. The van der Waals surface area contributed by atoms with E-state index >= 15 is 0 Å². The Labute approximate surface area is 216 Å². The summed E-state index contributed by atoms with van der Waals surface area (Å²) in [6, 6.07) is 19.5. The van der Waals surface area contributed by atoms with Crippen LogP contribution in [0.5, 0.6) is 17.2 Å². The molecule has 36 heavy (non-hydrogen) atoms. The van der Waals surface area contributed by atoms with Crippen molar-refractivity contribution in [3.05, 3.63) is 82.3 Å². The Morgan fingerprint density at radius 3 is 2.11 bits per heavy atom. The van der Waals surface area contributed by atoms with E-state index in [9.17, 15) is 4.79 Å². The van der Waals surface area contributed by atoms with Gasteiger partial charge >= 0.3 is 0 Å². The lowest BCUT2D eigenvalue weighted by Gasteiger charge is -2.19. The zero-order valence-electron chi connectivity index (χ0n) is 21.2. The van der Waals surface area contributed by atoms with Crippen molar-refractivity contribution in [1.29, 1.82) is 0 Å². The summed E-state index contributed by atoms with van der Waals surface area (Å²) in [6.07, 6.45) is 3.47. The van der Waals surface area contributed by atoms with E-state index in [1.807, 2.05) is 54.6 Å². The Morgan fingerprint density at radius 2 is 1.44 bits per heavy atom. The van der Waals surface area contributed by atoms with Gasteiger partial charge in [0.1, 0.15) is 5.75 Å². The number of carbonyl (C=O) groups excluding carboxylic acids is 1. The molecule has 6 nitrogen and oxygen atoms in total. The summed E-state index contributed by atoms with van der Waals surface area (Å²) in [5, 5.41) is 0.618. The second-order valence-electron chi connectivity index (χ2n) is 8.06. The molecule has 0 bridgehead atoms. The summed E-state index contributed by atoms with van der Waals surface area (Å²) >= 11 is 1.35. The second kappa shape index (κ2) is 11.4. The van der Waals surface area contributed by atoms with Crippen molar-refractivity contribution in [2.45, 2.75) is 26.7 Å². The number of nitrogens with zero attached hydrogens (tertiary/aromatic N) is 2. The van der Waals surface area contributed by atoms with Crippen LogP contribution in [0.2, 0.25) is 0 Å². The molecule has 0 unspecified atom stereocenters. The first-order valence-electron chi connectivity index (χ1n) is 11.8. The van der Waals surface area contributed by atoms with Crippen LogP contribution < -0.4 is 19.1 Å². The van der Waals surface area contributed by atoms with Crippen LogP contribution in [0.3, 0.4) is 0 Å². The van der Waals surface area contributed by atoms with Crippen LogP contribution in [0.25, 0.3) is 6.08 Å². The average Bonchev–Trinajstić information content (AvgIpc) is 3.22. The zero-order valence-corrected chi connectivity index (χ0v) is 22.0. The Bertz CT molecular complexity index is 1330. The number of aryl methyl sites for hydroxylation is 2. The van der Waals surface area contributed by atoms with E-state index in [-0.39, 0.29) is 5.91 Å². The molecular weight excluding hydrogens is 472 g/mol. The number of benzene rings is 3. The van der Waals surface area contributed by atoms with Crippen LogP contribution in [0.15, 0.2) is 70.6 Å². The highest BCUT2D eigenvalue weighted by Crippen LogP contribution is 2.42. The number of ether oxygens (including phenoxy) is 3. The maximum Gasteiger partial charge on any atom is 0.271 e. The summed E-state index contributed by atoms with van der Waals surface area (Å²) in [7, 11) is 4.74. The number of hydrogen-bond acceptors (Lipinski definition) is 6. The van der Waals surface area contributed by atoms with Gasteiger partial charge in [-0.2, -0.15) is 0 Å². The van der Waals surface area contributed by atoms with Crippen LogP contribution in [-0.4, -0.2) is 32.4 Å². The van der Waals surface area contributed by atoms with E-state index in [1.54, 1.807) is 32.3 Å². The molecule has 1 amide bonds. The van der Waals surface area contributed by atoms with E-state index in [0.717, 1.165) is 35.3 Å². The molecule has 4 rings (SSSR count). The van der Waals surface area contributed by atoms with E-state index in [4.69, 9.17) is 19.2 Å². The Morgan fingerprint density at radius 1 is 0.833 bits per heavy atom. The van der Waals surface area contributed by atoms with Gasteiger partial charge in [-0.1, -0.05) is 50.2 Å². The Balaban J connectivity index is 1.87. The summed E-state index contributed by atoms with van der Waals surface area (Å²) in [6.45, 7) is 4.19. The molecule has 0 saturated carbocycles. The molecule has 0 radical (unpaired) electrons. The number of hydrogen-bond donors (Lipinski definition) is 0. The van der Waals surface area contributed by atoms with Crippen molar-refractivity contribution in [1.82, 2.24) is 0 Å². The lowest BCUT2D eigenvalue weighted by atomic mass is 10.1. The van der Waals surface area contributed by atoms with Crippen molar-refractivity contribution in [3.8, 4) is 17.2 Å². The minimum atomic E-state index is -0.134. The molecule has 1 aliphatic rings. The third-order valence-corrected chi connectivity index (χ3v) is 7.00. The van der Waals surface area contributed by atoms with Crippen LogP contribution in [-0.2, 0) is 17.6 Å². The fourth-order valence-electron chi connectivity index (χ4n) is 4.12. The van der Waals surface area contributed by atoms with Crippen LogP contribution in [0, 0.1) is 0 Å². The predicted molar refractivity (Wildman–Crippen MR) is 148 cm³/mol. The molecule has 186 valence electrons. The minimum Gasteiger partial charge on any atom is -0.496 e. The third-order valence-electron chi connectivity index (χ3n) is 6.03. The van der Waals surface area contributed by atoms with Gasteiger partial charge in [-0.3, -0.25) is 9.69 Å². The number of aliphatic imine (C=N–C) groups is 1. The first kappa shape index (κ1) is 25.4. The maximum absolute atomic E-state index is 13.9. The average molecular weight is 503 g/mol. The molecular formula is C29H30N2O4S. The van der Waals surface area contributed by atoms with Crippen LogP contribution >= 0.6 is 11.8 Å². The topological polar surface area (TPSA) is 60.4 Å². The summed E-state index contributed by atoms with van der Waals surface area (Å²) < 4.78 is 16.5. The van der Waals surface area contributed by atoms with Crippen molar-refractivity contribution in [2.75, 3.05) is 26.2 Å². The molecule has 0 atom stereocenters. The van der Waals surface area contributed by atoms with Gasteiger partial charge < -0.3 is 14.2 Å². The highest BCUT2D eigenvalue weighted by molar-refractivity contribution is 8.19. The van der Waals surface area contributed by atoms with E-state index < -0.39 is 0 Å². The molecule has 3 aromatic rings. The number of rotatable bonds is 8. The predicted octanol–water partition coefficient (Wildman–Crippen LogP) is 6.65. The lowest BCUT2D eigenvalue weighted by molar-refractivity contribution is -0.113. The van der Waals surface area contributed by atoms with Gasteiger partial charge in [-0.05, 0) is 60.0 Å². The van der Waals surface area contributed by atoms with Crippen LogP contribution in [0.1, 0.15) is 30.5 Å². The molecule has 1 heterocycles. The van der Waals surface area contributed by atoms with E-state index in [1.165, 1.54) is 11.8 Å². The van der Waals surface area contributed by atoms with E-state index in [2.05, 4.69) is 19.9 Å². The van der Waals surface area contributed by atoms with Gasteiger partial charge in [-0.25, -0.2) is 4.99 Å². The molecule has 0 aromatic heterocycles. The highest BCUT2D eigenvalue weighted by Gasteiger charge is 2.36. The lowest BCUT2D eigenvalue weighted by Crippen LogP contribution is -2.29. The van der Waals surface area contributed by atoms with E-state index in [0.29, 0.717) is 32.9 Å². The van der Waals surface area contributed by atoms with Gasteiger partial charge in [0.2, 0.25) is 0 Å². The van der Waals surface area contributed by atoms with Gasteiger partial charge in [0, 0.05) is 11.6 Å². The highest BCUT2D eigenvalue weighted by atomic mass is 32.2. The molecule has 0 spiro atoms. The SMILES string of the molecule is CCc1ccccc1N=C1S/C(=C/c2cc(OC)c(OC)cc2OC)C(=O)N1c1ccccc1CC. The Hall–Kier alpha value is -3.71. The summed E-state index contributed by atoms with van der Waals surface area (Å²) in [5.74, 6) is 1.56. The first-order valence-corrected chi connectivity index (χ1v) is 12.6. The molecule has 7 heteroatoms. The number of para-hydroxylation sites is 2. The Kier molecular flexibility index (Phi) is 8.00. The van der Waals surface area contributed by atoms with Gasteiger partial charge in [-0.15, -0.1) is 0 Å². The van der Waals surface area contributed by atoms with Gasteiger partial charge in [0.15, 0.2) is 16.7 Å². The maximum atomic E-state index is 13.9. The number of methoxy groups -OCH3 is 3. The normalized spacial score (nSPS) is 15.6. The molecule has 1 saturated heterocycles. The molecule has 1 aliphatic heterocycles. The zero-order chi connectivity index (χ0) is 25.7. The monoisotopic (exact) mass is 502 g/mol. The quantitative estimate of drug-likeness (QED) is 0.323. The van der Waals surface area contributed by atoms with Crippen molar-refractivity contribution < 1.29 is 19.0 Å². The van der Waals surface area contributed by atoms with Crippen molar-refractivity contribution >= 4 is 40.3 Å². The van der Waals surface area contributed by atoms with Crippen molar-refractivity contribution in [3.63, 3.8) is 0 Å². The standard InChI is InChI=1S/C29H30N2O4S/c1-6-19-12-8-10-14-22(19)30-29-31(23-15-11-9-13-20(23)7-2)28(32)27(36-29)17-21-16-25(34-4)26(35-5)18-24(21)33-3/h8-18H,6-7H2,1-5H3/b27-17+,30-29?. The second-order valence-corrected chi connectivity index (χ2v) is 9.07. The smallest absolute Gasteiger partial charge is 0.271 e. The summed E-state index contributed by atoms with van der Waals surface area (Å²) in [4.78, 5) is 21.1. The fraction of sp³-hybridized carbons (Fsp3) is 0.241. The number of amidine groups is 1. The minimum absolute atomic E-state index is 0.134. The van der Waals surface area contributed by atoms with Crippen LogP contribution in [0.4, 0.5) is 11.4 Å². The van der Waals surface area contributed by atoms with Gasteiger partial charge in [0.05, 0.1) is 37.6 Å². The summed E-state index contributed by atoms with van der Waals surface area (Å²) in [5.41, 5.74) is 4.62. The number of anilines is 1. The number of amides is 1. The molecule has 1 fully saturated rings. The van der Waals surface area contributed by atoms with Gasteiger partial charge in [0.25, 0.3) is 5.91 Å². The molecule has 0 N–H and O–H groups in total. The fourth-order valence-corrected chi connectivity index (χ4v) is 5.10. The molecule has 3 aromatic carbocycles. The number of thioether (sulfide) groups is 1. The largest absolute Gasteiger partial charge is 0.496 e.